The zero-order valence-electron chi connectivity index (χ0n) is 15.4. The second-order valence-electron chi connectivity index (χ2n) is 7.80. The van der Waals surface area contributed by atoms with Crippen LogP contribution in [0, 0.1) is 6.57 Å². The lowest BCUT2D eigenvalue weighted by Crippen LogP contribution is -2.60. The van der Waals surface area contributed by atoms with E-state index in [1.54, 1.807) is 29.8 Å². The fraction of sp³-hybridized carbons (Fsp3) is 0.500. The van der Waals surface area contributed by atoms with Crippen molar-refractivity contribution >= 4 is 41.3 Å². The third-order valence-corrected chi connectivity index (χ3v) is 12.3. The molecule has 1 aromatic carbocycles. The van der Waals surface area contributed by atoms with E-state index in [0.29, 0.717) is 11.5 Å². The quantitative estimate of drug-likeness (QED) is 0.623. The van der Waals surface area contributed by atoms with E-state index < -0.39 is 30.8 Å². The first-order valence-electron chi connectivity index (χ1n) is 8.70. The molecule has 2 bridgehead atoms. The van der Waals surface area contributed by atoms with Crippen LogP contribution in [-0.2, 0) is 39.1 Å². The fourth-order valence-electron chi connectivity index (χ4n) is 5.02. The monoisotopic (exact) mass is 435 g/mol. The van der Waals surface area contributed by atoms with Gasteiger partial charge in [0.15, 0.2) is 21.2 Å². The Hall–Kier alpha value is -1.96. The Labute approximate surface area is 172 Å². The minimum absolute atomic E-state index is 0.117. The molecule has 0 saturated carbocycles. The lowest BCUT2D eigenvalue weighted by Gasteiger charge is -2.38. The lowest BCUT2D eigenvalue weighted by atomic mass is 9.87. The van der Waals surface area contributed by atoms with Crippen molar-refractivity contribution in [1.82, 2.24) is 9.80 Å². The number of likely N-dealkylation sites (N-methyl/N-ethyl adjacent to an activating group) is 1. The predicted octanol–water partition coefficient (Wildman–Crippen LogP) is 1.34. The Morgan fingerprint density at radius 1 is 1.29 bits per heavy atom. The van der Waals surface area contributed by atoms with Gasteiger partial charge < -0.3 is 24.1 Å². The number of carbonyl (C=O) groups excluding carboxylic acids is 2. The van der Waals surface area contributed by atoms with Crippen LogP contribution in [0.5, 0.6) is 11.5 Å². The number of rotatable bonds is 1. The van der Waals surface area contributed by atoms with Crippen LogP contribution in [0.25, 0.3) is 4.85 Å². The van der Waals surface area contributed by atoms with Crippen LogP contribution in [-0.4, -0.2) is 50.7 Å². The van der Waals surface area contributed by atoms with Gasteiger partial charge >= 0.3 is 0 Å². The van der Waals surface area contributed by atoms with Gasteiger partial charge in [0, 0.05) is 14.0 Å². The number of carbonyl (C=O) groups is 2. The van der Waals surface area contributed by atoms with Crippen LogP contribution in [0.1, 0.15) is 31.9 Å². The molecule has 10 heteroatoms. The van der Waals surface area contributed by atoms with Crippen LogP contribution < -0.4 is 9.47 Å². The number of piperazine rings is 1. The first-order valence-corrected chi connectivity index (χ1v) is 12.2. The summed E-state index contributed by atoms with van der Waals surface area (Å²) in [5.74, 6) is 0.978. The molecule has 4 aliphatic heterocycles. The van der Waals surface area contributed by atoms with Crippen LogP contribution in [0.2, 0.25) is 0 Å². The highest BCUT2D eigenvalue weighted by Crippen LogP contribution is 2.63. The van der Waals surface area contributed by atoms with Crippen LogP contribution in [0.3, 0.4) is 0 Å². The highest BCUT2D eigenvalue weighted by atomic mass is 33.1. The van der Waals surface area contributed by atoms with Crippen molar-refractivity contribution in [2.45, 2.75) is 41.6 Å². The summed E-state index contributed by atoms with van der Waals surface area (Å²) >= 11 is 5.34. The number of hydrogen-bond donors (Lipinski definition) is 0. The molecular weight excluding hydrogens is 418 g/mol. The maximum absolute atomic E-state index is 13.6. The molecular formula is C18H17N3O4S3. The van der Waals surface area contributed by atoms with E-state index in [-0.39, 0.29) is 25.0 Å². The van der Waals surface area contributed by atoms with E-state index in [1.165, 1.54) is 0 Å². The van der Waals surface area contributed by atoms with Gasteiger partial charge in [0.05, 0.1) is 6.42 Å². The summed E-state index contributed by atoms with van der Waals surface area (Å²) in [4.78, 5) is 32.1. The van der Waals surface area contributed by atoms with Gasteiger partial charge in [-0.1, -0.05) is 6.07 Å². The van der Waals surface area contributed by atoms with Crippen LogP contribution in [0.4, 0.5) is 0 Å². The van der Waals surface area contributed by atoms with Gasteiger partial charge in [-0.2, -0.15) is 0 Å². The van der Waals surface area contributed by atoms with Gasteiger partial charge in [-0.15, -0.1) is 0 Å². The second-order valence-corrected chi connectivity index (χ2v) is 12.6. The zero-order valence-corrected chi connectivity index (χ0v) is 17.9. The molecule has 1 spiro atoms. The molecule has 2 amide bonds. The van der Waals surface area contributed by atoms with Crippen molar-refractivity contribution in [1.29, 1.82) is 0 Å². The molecule has 0 aliphatic carbocycles. The normalized spacial score (nSPS) is 40.1. The Balaban J connectivity index is 1.76. The highest BCUT2D eigenvalue weighted by Gasteiger charge is 2.82. The molecule has 4 aliphatic rings. The summed E-state index contributed by atoms with van der Waals surface area (Å²) in [6, 6.07) is 4.92. The molecule has 5 rings (SSSR count). The number of amides is 2. The summed E-state index contributed by atoms with van der Waals surface area (Å²) in [7, 11) is 2.07. The van der Waals surface area contributed by atoms with Gasteiger partial charge in [-0.25, -0.2) is 6.57 Å². The molecule has 0 radical (unpaired) electrons. The summed E-state index contributed by atoms with van der Waals surface area (Å²) in [6.07, 6.45) is 0.278. The standard InChI is InChI=1S/C18H17N3O4S3/c1-16(19-3)8-18-15(23)20(4)17(2,28(18)27-26)14(22)21(18)13(16)10-5-6-11-12(7-10)25-9-24-11/h5-7,13H,8-9H2,1-2,4H3/t13?,16-,17+,18-,28?/m0/s1. The molecule has 0 N–H and O–H groups in total. The smallest absolute Gasteiger partial charge is 0.261 e. The third kappa shape index (κ3) is 1.72. The predicted molar refractivity (Wildman–Crippen MR) is 108 cm³/mol. The molecule has 0 aromatic heterocycles. The Kier molecular flexibility index (Phi) is 3.45. The molecule has 28 heavy (non-hydrogen) atoms. The van der Waals surface area contributed by atoms with Crippen molar-refractivity contribution in [3.05, 3.63) is 35.2 Å². The van der Waals surface area contributed by atoms with E-state index in [4.69, 9.17) is 27.2 Å². The van der Waals surface area contributed by atoms with Gasteiger partial charge in [0.1, 0.15) is 6.04 Å². The van der Waals surface area contributed by atoms with Gasteiger partial charge in [-0.3, -0.25) is 9.59 Å². The summed E-state index contributed by atoms with van der Waals surface area (Å²) < 4.78 is 10.9. The number of hydrogen-bond acceptors (Lipinski definition) is 5. The Morgan fingerprint density at radius 3 is 2.68 bits per heavy atom. The average Bonchev–Trinajstić information content (AvgIpc) is 3.34. The molecule has 1 aromatic rings. The van der Waals surface area contributed by atoms with E-state index in [9.17, 15) is 9.59 Å². The summed E-state index contributed by atoms with van der Waals surface area (Å²) in [6.45, 7) is 11.7. The first kappa shape index (κ1) is 18.1. The van der Waals surface area contributed by atoms with Crippen molar-refractivity contribution in [2.24, 2.45) is 0 Å². The van der Waals surface area contributed by atoms with Crippen LogP contribution in [0.15, 0.2) is 18.2 Å². The minimum Gasteiger partial charge on any atom is -0.454 e. The summed E-state index contributed by atoms with van der Waals surface area (Å²) in [5.41, 5.74) is -0.167. The molecule has 4 heterocycles. The van der Waals surface area contributed by atoms with E-state index in [1.807, 2.05) is 19.1 Å². The van der Waals surface area contributed by atoms with Gasteiger partial charge in [-0.05, 0) is 54.1 Å². The van der Waals surface area contributed by atoms with Crippen molar-refractivity contribution in [2.75, 3.05) is 13.8 Å². The first-order chi connectivity index (χ1) is 13.3. The SMILES string of the molecule is [C-]#[N+][C@@]1(C)C[C@]23C(=O)N(C)[C@@](C)(C(=O)N2C1c1ccc2c(c1)OCO2)S3=S=S. The van der Waals surface area contributed by atoms with Gasteiger partial charge in [0.25, 0.3) is 17.4 Å². The zero-order chi connectivity index (χ0) is 20.1. The van der Waals surface area contributed by atoms with Crippen molar-refractivity contribution in [3.8, 4) is 11.5 Å². The topological polar surface area (TPSA) is 63.4 Å². The second kappa shape index (κ2) is 5.34. The molecule has 2 unspecified atom stereocenters. The Bertz CT molecular complexity index is 1080. The number of ether oxygens (including phenoxy) is 2. The van der Waals surface area contributed by atoms with Crippen molar-refractivity contribution < 1.29 is 19.1 Å². The highest BCUT2D eigenvalue weighted by molar-refractivity contribution is 8.49. The van der Waals surface area contributed by atoms with E-state index >= 15 is 0 Å². The van der Waals surface area contributed by atoms with Gasteiger partial charge in [0.2, 0.25) is 6.79 Å². The molecule has 5 atom stereocenters. The molecule has 146 valence electrons. The van der Waals surface area contributed by atoms with E-state index in [2.05, 4.69) is 4.85 Å². The third-order valence-electron chi connectivity index (χ3n) is 6.43. The number of benzene rings is 1. The molecule has 7 nitrogen and oxygen atoms in total. The largest absolute Gasteiger partial charge is 0.454 e. The maximum atomic E-state index is 13.6. The molecule has 3 saturated heterocycles. The van der Waals surface area contributed by atoms with E-state index in [0.717, 1.165) is 14.4 Å². The lowest BCUT2D eigenvalue weighted by molar-refractivity contribution is -0.159. The summed E-state index contributed by atoms with van der Waals surface area (Å²) in [5, 5.41) is 0. The average molecular weight is 436 g/mol. The maximum Gasteiger partial charge on any atom is 0.261 e. The molecule has 3 fully saturated rings. The number of nitrogens with zero attached hydrogens (tertiary/aromatic N) is 3. The van der Waals surface area contributed by atoms with Crippen LogP contribution >= 0.6 is 0 Å². The fourth-order valence-corrected chi connectivity index (χ4v) is 11.7. The number of fused-ring (bicyclic) bond motifs is 2. The van der Waals surface area contributed by atoms with Crippen molar-refractivity contribution in [3.63, 3.8) is 0 Å². The Morgan fingerprint density at radius 2 is 2.00 bits per heavy atom. The minimum atomic E-state index is -1.06.